The van der Waals surface area contributed by atoms with E-state index in [4.69, 9.17) is 4.74 Å². The Morgan fingerprint density at radius 3 is 1.92 bits per heavy atom. The summed E-state index contributed by atoms with van der Waals surface area (Å²) in [6.45, 7) is 23.4. The van der Waals surface area contributed by atoms with Crippen LogP contribution >= 0.6 is 0 Å². The smallest absolute Gasteiger partial charge is 0.408 e. The highest BCUT2D eigenvalue weighted by Crippen LogP contribution is 2.34. The highest BCUT2D eigenvalue weighted by atomic mass is 16.6. The molecule has 0 bridgehead atoms. The number of nitrogens with zero attached hydrogens (tertiary/aromatic N) is 1. The van der Waals surface area contributed by atoms with Gasteiger partial charge < -0.3 is 20.3 Å². The summed E-state index contributed by atoms with van der Waals surface area (Å²) >= 11 is 0. The zero-order valence-electron chi connectivity index (χ0n) is 26.0. The van der Waals surface area contributed by atoms with Crippen LogP contribution < -0.4 is 10.6 Å². The Hall–Kier alpha value is -2.57. The lowest BCUT2D eigenvalue weighted by Crippen LogP contribution is -2.60. The Bertz CT molecular complexity index is 929. The van der Waals surface area contributed by atoms with Gasteiger partial charge in [0.15, 0.2) is 0 Å². The van der Waals surface area contributed by atoms with E-state index in [9.17, 15) is 14.4 Å². The molecule has 1 aromatic carbocycles. The largest absolute Gasteiger partial charge is 0.444 e. The minimum Gasteiger partial charge on any atom is -0.444 e. The van der Waals surface area contributed by atoms with E-state index in [1.54, 1.807) is 25.7 Å². The molecule has 7 heteroatoms. The predicted molar refractivity (Wildman–Crippen MR) is 155 cm³/mol. The van der Waals surface area contributed by atoms with Crippen molar-refractivity contribution in [2.24, 2.45) is 5.92 Å². The van der Waals surface area contributed by atoms with Crippen LogP contribution in [0.4, 0.5) is 4.79 Å². The molecule has 0 aromatic heterocycles. The first-order chi connectivity index (χ1) is 17.4. The Balaban J connectivity index is 3.72. The molecule has 0 saturated carbocycles. The van der Waals surface area contributed by atoms with Gasteiger partial charge in [0.05, 0.1) is 0 Å². The van der Waals surface area contributed by atoms with Gasteiger partial charge in [-0.25, -0.2) is 4.79 Å². The number of hydrogen-bond donors (Lipinski definition) is 2. The lowest BCUT2D eigenvalue weighted by atomic mass is 9.89. The quantitative estimate of drug-likeness (QED) is 0.318. The van der Waals surface area contributed by atoms with Crippen molar-refractivity contribution in [3.63, 3.8) is 0 Å². The molecule has 3 amide bonds. The fourth-order valence-corrected chi connectivity index (χ4v) is 4.67. The summed E-state index contributed by atoms with van der Waals surface area (Å²) in [5.41, 5.74) is 1.43. The van der Waals surface area contributed by atoms with Crippen molar-refractivity contribution in [2.45, 2.75) is 138 Å². The van der Waals surface area contributed by atoms with Gasteiger partial charge in [-0.2, -0.15) is 0 Å². The number of aryl methyl sites for hydroxylation is 2. The van der Waals surface area contributed by atoms with Gasteiger partial charge in [-0.15, -0.1) is 0 Å². The molecule has 216 valence electrons. The van der Waals surface area contributed by atoms with Crippen LogP contribution in [-0.4, -0.2) is 46.0 Å². The van der Waals surface area contributed by atoms with Crippen molar-refractivity contribution in [2.75, 3.05) is 0 Å². The molecule has 7 nitrogen and oxygen atoms in total. The van der Waals surface area contributed by atoms with Crippen molar-refractivity contribution in [1.29, 1.82) is 0 Å². The molecule has 0 radical (unpaired) electrons. The summed E-state index contributed by atoms with van der Waals surface area (Å²) in [5, 5.41) is 5.98. The molecule has 1 aromatic rings. The normalized spacial score (nSPS) is 14.4. The summed E-state index contributed by atoms with van der Waals surface area (Å²) in [5.74, 6) is -0.381. The minimum atomic E-state index is -0.856. The molecule has 0 fully saturated rings. The van der Waals surface area contributed by atoms with Gasteiger partial charge in [-0.05, 0) is 86.1 Å². The van der Waals surface area contributed by atoms with Gasteiger partial charge in [0, 0.05) is 11.6 Å². The Morgan fingerprint density at radius 1 is 0.921 bits per heavy atom. The van der Waals surface area contributed by atoms with Gasteiger partial charge in [-0.3, -0.25) is 9.59 Å². The number of rotatable bonds is 12. The van der Waals surface area contributed by atoms with Crippen LogP contribution in [-0.2, 0) is 14.3 Å². The van der Waals surface area contributed by atoms with Crippen LogP contribution in [0.5, 0.6) is 0 Å². The fourth-order valence-electron chi connectivity index (χ4n) is 4.67. The molecule has 3 unspecified atom stereocenters. The van der Waals surface area contributed by atoms with E-state index in [-0.39, 0.29) is 23.8 Å². The first-order valence-corrected chi connectivity index (χ1v) is 14.1. The summed E-state index contributed by atoms with van der Waals surface area (Å²) in [6, 6.07) is 4.28. The third-order valence-electron chi connectivity index (χ3n) is 6.63. The number of carbonyl (C=O) groups is 3. The molecule has 0 saturated heterocycles. The van der Waals surface area contributed by atoms with Crippen LogP contribution in [0.25, 0.3) is 0 Å². The monoisotopic (exact) mass is 531 g/mol. The van der Waals surface area contributed by atoms with Crippen LogP contribution in [0, 0.1) is 19.8 Å². The number of ether oxygens (including phenoxy) is 1. The molecule has 3 atom stereocenters. The van der Waals surface area contributed by atoms with Gasteiger partial charge in [0.1, 0.15) is 17.7 Å². The second-order valence-electron chi connectivity index (χ2n) is 12.7. The maximum atomic E-state index is 14.5. The summed E-state index contributed by atoms with van der Waals surface area (Å²) < 4.78 is 5.50. The van der Waals surface area contributed by atoms with Crippen molar-refractivity contribution in [1.82, 2.24) is 15.5 Å². The van der Waals surface area contributed by atoms with Gasteiger partial charge in [-0.1, -0.05) is 63.4 Å². The van der Waals surface area contributed by atoms with E-state index in [0.717, 1.165) is 29.5 Å². The average molecular weight is 532 g/mol. The molecule has 0 aliphatic heterocycles. The SMILES string of the molecule is CCCC(C)NC(=O)C(c1cc(C)cc(C)c1)N(C(=O)C(CC(C)C)NC(=O)OC(C)(C)C)C(C)(C)CC. The van der Waals surface area contributed by atoms with E-state index < -0.39 is 29.3 Å². The van der Waals surface area contributed by atoms with E-state index in [0.29, 0.717) is 12.8 Å². The number of hydrogen-bond acceptors (Lipinski definition) is 4. The average Bonchev–Trinajstić information content (AvgIpc) is 2.73. The molecule has 0 heterocycles. The van der Waals surface area contributed by atoms with Crippen molar-refractivity contribution in [3.05, 3.63) is 34.9 Å². The maximum Gasteiger partial charge on any atom is 0.408 e. The summed E-state index contributed by atoms with van der Waals surface area (Å²) in [4.78, 5) is 42.9. The first kappa shape index (κ1) is 33.5. The van der Waals surface area contributed by atoms with Crippen LogP contribution in [0.3, 0.4) is 0 Å². The fraction of sp³-hybridized carbons (Fsp3) is 0.710. The molecule has 2 N–H and O–H groups in total. The first-order valence-electron chi connectivity index (χ1n) is 14.1. The Labute approximate surface area is 231 Å². The van der Waals surface area contributed by atoms with Gasteiger partial charge >= 0.3 is 6.09 Å². The second kappa shape index (κ2) is 14.0. The van der Waals surface area contributed by atoms with Gasteiger partial charge in [0.2, 0.25) is 11.8 Å². The molecular weight excluding hydrogens is 478 g/mol. The number of carbonyl (C=O) groups excluding carboxylic acids is 3. The van der Waals surface area contributed by atoms with Gasteiger partial charge in [0.25, 0.3) is 0 Å². The number of benzene rings is 1. The summed E-state index contributed by atoms with van der Waals surface area (Å²) in [6.07, 6.45) is 2.18. The van der Waals surface area contributed by atoms with E-state index in [1.165, 1.54) is 0 Å². The zero-order chi connectivity index (χ0) is 29.4. The lowest BCUT2D eigenvalue weighted by molar-refractivity contribution is -0.150. The van der Waals surface area contributed by atoms with Crippen molar-refractivity contribution >= 4 is 17.9 Å². The van der Waals surface area contributed by atoms with E-state index >= 15 is 0 Å². The standard InChI is InChI=1S/C31H53N3O4/c1-13-15-23(7)32-27(35)26(24-18-21(5)17-22(6)19-24)34(31(11,12)14-2)28(36)25(16-20(3)4)33-29(37)38-30(8,9)10/h17-20,23,25-26H,13-16H2,1-12H3,(H,32,35)(H,33,37). The number of alkyl carbamates (subject to hydrolysis) is 1. The predicted octanol–water partition coefficient (Wildman–Crippen LogP) is 6.61. The molecule has 0 spiro atoms. The second-order valence-corrected chi connectivity index (χ2v) is 12.7. The Morgan fingerprint density at radius 2 is 1.47 bits per heavy atom. The third kappa shape index (κ3) is 10.3. The molecular formula is C31H53N3O4. The highest BCUT2D eigenvalue weighted by molar-refractivity contribution is 5.92. The highest BCUT2D eigenvalue weighted by Gasteiger charge is 2.43. The molecule has 38 heavy (non-hydrogen) atoms. The molecule has 0 aliphatic carbocycles. The van der Waals surface area contributed by atoms with Crippen molar-refractivity contribution < 1.29 is 19.1 Å². The number of nitrogens with one attached hydrogen (secondary N) is 2. The van der Waals surface area contributed by atoms with Crippen LogP contribution in [0.2, 0.25) is 0 Å². The number of amides is 3. The Kier molecular flexibility index (Phi) is 12.3. The maximum absolute atomic E-state index is 14.5. The zero-order valence-corrected chi connectivity index (χ0v) is 26.0. The third-order valence-corrected chi connectivity index (χ3v) is 6.63. The lowest BCUT2D eigenvalue weighted by Gasteiger charge is -2.45. The minimum absolute atomic E-state index is 0.0334. The van der Waals surface area contributed by atoms with Crippen LogP contribution in [0.15, 0.2) is 18.2 Å². The molecule has 1 rings (SSSR count). The van der Waals surface area contributed by atoms with E-state index in [1.807, 2.05) is 67.5 Å². The van der Waals surface area contributed by atoms with E-state index in [2.05, 4.69) is 23.6 Å². The van der Waals surface area contributed by atoms with Crippen LogP contribution in [0.1, 0.15) is 118 Å². The topological polar surface area (TPSA) is 87.7 Å². The summed E-state index contributed by atoms with van der Waals surface area (Å²) in [7, 11) is 0. The van der Waals surface area contributed by atoms with Crippen molar-refractivity contribution in [3.8, 4) is 0 Å². The molecule has 0 aliphatic rings.